The van der Waals surface area contributed by atoms with Crippen molar-refractivity contribution < 1.29 is 4.79 Å². The number of likely N-dealkylation sites (N-methyl/N-ethyl adjacent to an activating group) is 1. The van der Waals surface area contributed by atoms with Gasteiger partial charge in [-0.05, 0) is 31.5 Å². The van der Waals surface area contributed by atoms with E-state index < -0.39 is 0 Å². The lowest BCUT2D eigenvalue weighted by Crippen LogP contribution is -2.34. The molecule has 0 spiro atoms. The molecule has 148 valence electrons. The molecule has 0 radical (unpaired) electrons. The summed E-state index contributed by atoms with van der Waals surface area (Å²) in [5.41, 5.74) is 5.02. The molecule has 0 atom stereocenters. The first-order valence-corrected chi connectivity index (χ1v) is 10.3. The molecule has 4 rings (SSSR count). The molecule has 0 aliphatic carbocycles. The maximum Gasteiger partial charge on any atom is 0.239 e. The number of amides is 1. The van der Waals surface area contributed by atoms with E-state index in [1.165, 1.54) is 5.56 Å². The molecule has 2 aromatic heterocycles. The largest absolute Gasteiger partial charge is 0.350 e. The molecule has 0 bridgehead atoms. The van der Waals surface area contributed by atoms with E-state index in [1.54, 1.807) is 11.3 Å². The molecule has 0 saturated heterocycles. The predicted molar refractivity (Wildman–Crippen MR) is 118 cm³/mol. The maximum absolute atomic E-state index is 12.4. The lowest BCUT2D eigenvalue weighted by atomic mass is 10.1. The molecule has 0 fully saturated rings. The van der Waals surface area contributed by atoms with Gasteiger partial charge in [-0.2, -0.15) is 10.1 Å². The Balaban J connectivity index is 1.46. The van der Waals surface area contributed by atoms with Crippen LogP contribution in [0.2, 0.25) is 0 Å². The van der Waals surface area contributed by atoms with E-state index in [9.17, 15) is 4.79 Å². The first kappa shape index (κ1) is 19.1. The van der Waals surface area contributed by atoms with E-state index in [0.29, 0.717) is 6.54 Å². The van der Waals surface area contributed by atoms with Crippen molar-refractivity contribution in [2.45, 2.75) is 20.4 Å². The summed E-state index contributed by atoms with van der Waals surface area (Å²) in [7, 11) is 1.89. The minimum atomic E-state index is -0.0336. The molecule has 0 saturated carbocycles. The molecular weight excluding hydrogens is 382 g/mol. The molecule has 7 heteroatoms. The minimum absolute atomic E-state index is 0.0336. The number of rotatable bonds is 6. The second-order valence-electron chi connectivity index (χ2n) is 7.10. The van der Waals surface area contributed by atoms with Crippen LogP contribution in [0.25, 0.3) is 16.0 Å². The summed E-state index contributed by atoms with van der Waals surface area (Å²) in [6.45, 7) is 4.81. The summed E-state index contributed by atoms with van der Waals surface area (Å²) in [5, 5.41) is 8.39. The smallest absolute Gasteiger partial charge is 0.239 e. The molecule has 0 unspecified atom stereocenters. The van der Waals surface area contributed by atoms with Crippen LogP contribution in [0.3, 0.4) is 0 Å². The third-order valence-corrected chi connectivity index (χ3v) is 5.96. The fourth-order valence-corrected chi connectivity index (χ4v) is 4.03. The van der Waals surface area contributed by atoms with Gasteiger partial charge in [-0.3, -0.25) is 4.79 Å². The molecule has 4 aromatic rings. The van der Waals surface area contributed by atoms with Crippen LogP contribution < -0.4 is 10.2 Å². The van der Waals surface area contributed by atoms with Gasteiger partial charge in [0.15, 0.2) is 10.8 Å². The monoisotopic (exact) mass is 405 g/mol. The summed E-state index contributed by atoms with van der Waals surface area (Å²) in [5.74, 6) is -0.0336. The second-order valence-corrected chi connectivity index (χ2v) is 8.08. The SMILES string of the molecule is Cc1ccc(CNC(=O)CN(C)c2nc3c(s2)c(C)nn3-c2ccccc2)cc1. The Hall–Kier alpha value is -3.19. The van der Waals surface area contributed by atoms with Gasteiger partial charge < -0.3 is 10.2 Å². The van der Waals surface area contributed by atoms with Crippen molar-refractivity contribution in [1.29, 1.82) is 0 Å². The van der Waals surface area contributed by atoms with E-state index in [1.807, 2.05) is 85.1 Å². The number of thiazole rings is 1. The Labute approximate surface area is 173 Å². The Morgan fingerprint density at radius 3 is 2.55 bits per heavy atom. The summed E-state index contributed by atoms with van der Waals surface area (Å²) < 4.78 is 2.89. The van der Waals surface area contributed by atoms with E-state index in [4.69, 9.17) is 4.98 Å². The topological polar surface area (TPSA) is 63.1 Å². The first-order chi connectivity index (χ1) is 14.0. The zero-order valence-electron chi connectivity index (χ0n) is 16.7. The van der Waals surface area contributed by atoms with Crippen molar-refractivity contribution in [3.05, 3.63) is 71.4 Å². The fourth-order valence-electron chi connectivity index (χ4n) is 3.08. The number of nitrogens with one attached hydrogen (secondary N) is 1. The lowest BCUT2D eigenvalue weighted by molar-refractivity contribution is -0.119. The number of aromatic nitrogens is 3. The molecule has 2 aromatic carbocycles. The number of benzene rings is 2. The van der Waals surface area contributed by atoms with Gasteiger partial charge >= 0.3 is 0 Å². The van der Waals surface area contributed by atoms with E-state index >= 15 is 0 Å². The Morgan fingerprint density at radius 2 is 1.83 bits per heavy atom. The van der Waals surface area contributed by atoms with Crippen LogP contribution in [-0.2, 0) is 11.3 Å². The quantitative estimate of drug-likeness (QED) is 0.529. The molecule has 29 heavy (non-hydrogen) atoms. The van der Waals surface area contributed by atoms with Gasteiger partial charge in [-0.25, -0.2) is 4.68 Å². The van der Waals surface area contributed by atoms with Crippen molar-refractivity contribution >= 4 is 32.7 Å². The Kier molecular flexibility index (Phi) is 5.31. The average Bonchev–Trinajstić information content (AvgIpc) is 3.29. The highest BCUT2D eigenvalue weighted by atomic mass is 32.1. The third-order valence-electron chi connectivity index (χ3n) is 4.70. The van der Waals surface area contributed by atoms with Crippen molar-refractivity contribution in [3.8, 4) is 5.69 Å². The van der Waals surface area contributed by atoms with Gasteiger partial charge in [-0.15, -0.1) is 0 Å². The number of nitrogens with zero attached hydrogens (tertiary/aromatic N) is 4. The standard InChI is InChI=1S/C22H23N5OS/c1-15-9-11-17(12-10-15)13-23-19(28)14-26(3)22-24-21-20(29-22)16(2)25-27(21)18-7-5-4-6-8-18/h4-12H,13-14H2,1-3H3,(H,23,28). The van der Waals surface area contributed by atoms with Gasteiger partial charge in [0.05, 0.1) is 22.6 Å². The van der Waals surface area contributed by atoms with Gasteiger partial charge in [0.25, 0.3) is 0 Å². The first-order valence-electron chi connectivity index (χ1n) is 9.46. The van der Waals surface area contributed by atoms with Crippen LogP contribution in [0, 0.1) is 13.8 Å². The number of aryl methyl sites for hydroxylation is 2. The Morgan fingerprint density at radius 1 is 1.10 bits per heavy atom. The fraction of sp³-hybridized carbons (Fsp3) is 0.227. The van der Waals surface area contributed by atoms with Gasteiger partial charge in [0, 0.05) is 13.6 Å². The number of hydrogen-bond donors (Lipinski definition) is 1. The summed E-state index contributed by atoms with van der Waals surface area (Å²) in [6, 6.07) is 18.1. The number of fused-ring (bicyclic) bond motifs is 1. The molecule has 0 aliphatic heterocycles. The van der Waals surface area contributed by atoms with Crippen molar-refractivity contribution in [2.75, 3.05) is 18.5 Å². The number of anilines is 1. The van der Waals surface area contributed by atoms with Gasteiger partial charge in [0.1, 0.15) is 0 Å². The molecule has 1 N–H and O–H groups in total. The van der Waals surface area contributed by atoms with Crippen LogP contribution in [0.4, 0.5) is 5.13 Å². The van der Waals surface area contributed by atoms with Crippen LogP contribution in [0.1, 0.15) is 16.8 Å². The van der Waals surface area contributed by atoms with E-state index in [0.717, 1.165) is 32.4 Å². The van der Waals surface area contributed by atoms with E-state index in [2.05, 4.69) is 10.4 Å². The summed E-state index contributed by atoms with van der Waals surface area (Å²) >= 11 is 1.56. The number of carbonyl (C=O) groups excluding carboxylic acids is 1. The maximum atomic E-state index is 12.4. The number of hydrogen-bond acceptors (Lipinski definition) is 5. The average molecular weight is 406 g/mol. The van der Waals surface area contributed by atoms with Crippen LogP contribution in [0.5, 0.6) is 0 Å². The second kappa shape index (κ2) is 8.05. The Bertz CT molecular complexity index is 1130. The van der Waals surface area contributed by atoms with Gasteiger partial charge in [-0.1, -0.05) is 59.4 Å². The molecule has 6 nitrogen and oxygen atoms in total. The molecule has 1 amide bonds. The zero-order valence-corrected chi connectivity index (χ0v) is 17.5. The predicted octanol–water partition coefficient (Wildman–Crippen LogP) is 3.85. The summed E-state index contributed by atoms with van der Waals surface area (Å²) in [4.78, 5) is 19.0. The minimum Gasteiger partial charge on any atom is -0.350 e. The van der Waals surface area contributed by atoms with Crippen molar-refractivity contribution in [1.82, 2.24) is 20.1 Å². The molecule has 2 heterocycles. The third kappa shape index (κ3) is 4.14. The van der Waals surface area contributed by atoms with Crippen LogP contribution in [0.15, 0.2) is 54.6 Å². The van der Waals surface area contributed by atoms with Crippen molar-refractivity contribution in [3.63, 3.8) is 0 Å². The van der Waals surface area contributed by atoms with Crippen molar-refractivity contribution in [2.24, 2.45) is 0 Å². The highest BCUT2D eigenvalue weighted by molar-refractivity contribution is 7.22. The summed E-state index contributed by atoms with van der Waals surface area (Å²) in [6.07, 6.45) is 0. The number of para-hydroxylation sites is 1. The normalized spacial score (nSPS) is 11.0. The van der Waals surface area contributed by atoms with E-state index in [-0.39, 0.29) is 12.5 Å². The molecule has 0 aliphatic rings. The molecular formula is C22H23N5OS. The highest BCUT2D eigenvalue weighted by Crippen LogP contribution is 2.31. The van der Waals surface area contributed by atoms with Crippen LogP contribution in [-0.4, -0.2) is 34.3 Å². The zero-order chi connectivity index (χ0) is 20.4. The highest BCUT2D eigenvalue weighted by Gasteiger charge is 2.18. The number of carbonyl (C=O) groups is 1. The lowest BCUT2D eigenvalue weighted by Gasteiger charge is -2.15. The van der Waals surface area contributed by atoms with Crippen LogP contribution >= 0.6 is 11.3 Å². The van der Waals surface area contributed by atoms with Gasteiger partial charge in [0.2, 0.25) is 5.91 Å².